The van der Waals surface area contributed by atoms with Crippen molar-refractivity contribution in [2.45, 2.75) is 371 Å². The first-order chi connectivity index (χ1) is 49.4. The van der Waals surface area contributed by atoms with Crippen LogP contribution in [0.3, 0.4) is 0 Å². The van der Waals surface area contributed by atoms with Crippen LogP contribution >= 0.6 is 12.2 Å². The second kappa shape index (κ2) is 55.7. The summed E-state index contributed by atoms with van der Waals surface area (Å²) in [6, 6.07) is -0.0123. The molecule has 0 aromatic heterocycles. The molecule has 0 spiro atoms. The van der Waals surface area contributed by atoms with E-state index in [2.05, 4.69) is 106 Å². The highest BCUT2D eigenvalue weighted by Gasteiger charge is 2.34. The van der Waals surface area contributed by atoms with Gasteiger partial charge in [0.1, 0.15) is 5.60 Å². The number of amides is 8. The van der Waals surface area contributed by atoms with Gasteiger partial charge in [-0.05, 0) is 296 Å². The fraction of sp³-hybridized carbons (Fsp3) is 0.865. The molecule has 0 rings (SSSR count). The van der Waals surface area contributed by atoms with E-state index in [1.54, 1.807) is 95.2 Å². The largest absolute Gasteiger partial charge is 0.453 e. The predicted octanol–water partition coefficient (Wildman–Crippen LogP) is 16.2. The molecule has 0 heterocycles. The topological polar surface area (TPSA) is 239 Å². The first-order valence-electron chi connectivity index (χ1n) is 39.3. The molecule has 1 unspecified atom stereocenters. The molecule has 0 aliphatic carbocycles. The number of urea groups is 1. The molecule has 0 aromatic rings. The highest BCUT2D eigenvalue weighted by molar-refractivity contribution is 7.80. The van der Waals surface area contributed by atoms with E-state index >= 15 is 0 Å². The molecule has 0 saturated carbocycles. The van der Waals surface area contributed by atoms with E-state index in [9.17, 15) is 43.8 Å². The fourth-order valence-electron chi connectivity index (χ4n) is 6.82. The number of carbonyl (C=O) groups excluding carboxylic acids is 7. The number of hydrogen-bond donors (Lipinski definition) is 2. The number of amidine groups is 1. The van der Waals surface area contributed by atoms with Crippen molar-refractivity contribution >= 4 is 70.8 Å². The number of likely N-dealkylation sites (N-methyl/N-ethyl adjacent to an activating group) is 4. The Bertz CT molecular complexity index is 2860. The van der Waals surface area contributed by atoms with E-state index in [1.807, 2.05) is 286 Å². The number of allylic oxidation sites excluding steroid dienone is 1. The third kappa shape index (κ3) is 63.9. The number of rotatable bonds is 6. The van der Waals surface area contributed by atoms with Crippen LogP contribution in [-0.2, 0) is 28.7 Å². The van der Waals surface area contributed by atoms with Gasteiger partial charge < -0.3 is 78.6 Å². The minimum Gasteiger partial charge on any atom is -0.453 e. The molecule has 27 heteroatoms. The van der Waals surface area contributed by atoms with Crippen LogP contribution in [0, 0.1) is 0 Å². The third-order valence-corrected chi connectivity index (χ3v) is 19.3. The van der Waals surface area contributed by atoms with Crippen LogP contribution in [0.4, 0.5) is 9.59 Å². The molecular weight excluding hydrogens is 1490 g/mol. The van der Waals surface area contributed by atoms with Gasteiger partial charge in [-0.25, -0.2) is 9.59 Å². The van der Waals surface area contributed by atoms with Gasteiger partial charge in [0, 0.05) is 195 Å². The van der Waals surface area contributed by atoms with Crippen molar-refractivity contribution in [1.29, 1.82) is 0 Å². The lowest BCUT2D eigenvalue weighted by Crippen LogP contribution is -2.51. The van der Waals surface area contributed by atoms with Crippen LogP contribution in [-0.4, -0.2) is 358 Å². The van der Waals surface area contributed by atoms with Crippen molar-refractivity contribution in [3.05, 3.63) is 11.1 Å². The number of ether oxygens (including phenoxy) is 1. The standard InChI is InChI=1S/C11H21NO.C10H22N2O.C10H21NO2.C9H21N3.C9H19NO2.C8H18N2O.C8H18N2S.C8H18N2.C7H15NO2.C7H15NO.2CH4/c1-8(2)9(3)10(13)12(7)11(4,5)6;1-8(11(5)6)9(13)12(7)10(2,3)4;1-9(2,3)11(6)8(12)7-10(4,5)13;1-9(2,3)12(7)8(10-4)11(5)6;1-8(2,3)10(6)7(11)9(4,5)12;2*1-8(2,3)10(6)7(11)9(4)5;1-7(9-5)10(6)8(2,3)4;1-7(2,3)8(4)6(9)10-5;1-6(9)8(5)7(2,3)4;;/h1-7H3;8H,1-7H3;13H,7H2,1-6H3;1-7H3;12H,1-6H3;2*1-6H3;1-6H3;1-5H3;1-5H3;2*1H4. The molecule has 0 aliphatic rings. The van der Waals surface area contributed by atoms with E-state index in [0.717, 1.165) is 28.1 Å². The van der Waals surface area contributed by atoms with Gasteiger partial charge in [-0.2, -0.15) is 0 Å². The third-order valence-electron chi connectivity index (χ3n) is 18.7. The Morgan fingerprint density at radius 3 is 0.793 bits per heavy atom. The summed E-state index contributed by atoms with van der Waals surface area (Å²) in [4.78, 5) is 114. The number of aliphatic imine (C=N–C) groups is 2. The molecule has 0 aromatic carbocycles. The van der Waals surface area contributed by atoms with Gasteiger partial charge in [-0.1, -0.05) is 20.4 Å². The Morgan fingerprint density at radius 2 is 0.664 bits per heavy atom. The van der Waals surface area contributed by atoms with Crippen LogP contribution in [0.1, 0.15) is 298 Å². The summed E-state index contributed by atoms with van der Waals surface area (Å²) >= 11 is 5.20. The fourth-order valence-corrected chi connectivity index (χ4v) is 7.10. The zero-order valence-corrected chi connectivity index (χ0v) is 86.8. The quantitative estimate of drug-likeness (QED) is 0.109. The molecule has 8 amide bonds. The van der Waals surface area contributed by atoms with Crippen molar-refractivity contribution in [3.63, 3.8) is 0 Å². The summed E-state index contributed by atoms with van der Waals surface area (Å²) in [6.45, 7) is 78.8. The zero-order valence-electron chi connectivity index (χ0n) is 86.0. The highest BCUT2D eigenvalue weighted by atomic mass is 32.1. The molecule has 0 radical (unpaired) electrons. The molecule has 0 bridgehead atoms. The summed E-state index contributed by atoms with van der Waals surface area (Å²) in [5.74, 6) is 2.19. The minimum absolute atomic E-state index is 0. The second-order valence-electron chi connectivity index (χ2n) is 41.0. The van der Waals surface area contributed by atoms with Gasteiger partial charge >= 0.3 is 12.1 Å². The maximum atomic E-state index is 11.8. The number of carbonyl (C=O) groups is 7. The van der Waals surface area contributed by atoms with Crippen molar-refractivity contribution in [3.8, 4) is 0 Å². The number of aliphatic hydroxyl groups is 2. The number of guanidine groups is 1. The highest BCUT2D eigenvalue weighted by Crippen LogP contribution is 2.21. The first-order valence-corrected chi connectivity index (χ1v) is 39.7. The van der Waals surface area contributed by atoms with Gasteiger partial charge in [-0.3, -0.25) is 38.9 Å². The molecule has 2 N–H and O–H groups in total. The van der Waals surface area contributed by atoms with Gasteiger partial charge in [0.25, 0.3) is 5.91 Å². The Labute approximate surface area is 724 Å². The molecule has 0 fully saturated rings. The minimum atomic E-state index is -1.28. The molecular formula is C89H196N16O10S. The van der Waals surface area contributed by atoms with Crippen LogP contribution < -0.4 is 0 Å². The Morgan fingerprint density at radius 1 is 0.371 bits per heavy atom. The molecule has 698 valence electrons. The molecule has 116 heavy (non-hydrogen) atoms. The molecule has 1 atom stereocenters. The van der Waals surface area contributed by atoms with Crippen LogP contribution in [0.15, 0.2) is 21.1 Å². The maximum absolute atomic E-state index is 11.8. The first kappa shape index (κ1) is 136. The van der Waals surface area contributed by atoms with Gasteiger partial charge in [0.15, 0.2) is 11.1 Å². The molecule has 26 nitrogen and oxygen atoms in total. The molecule has 0 saturated heterocycles. The smallest absolute Gasteiger partial charge is 0.409 e. The maximum Gasteiger partial charge on any atom is 0.409 e. The number of methoxy groups -OCH3 is 1. The predicted molar refractivity (Wildman–Crippen MR) is 508 cm³/mol. The van der Waals surface area contributed by atoms with E-state index in [0.29, 0.717) is 0 Å². The Hall–Kier alpha value is -6.06. The van der Waals surface area contributed by atoms with E-state index in [1.165, 1.54) is 21.0 Å². The summed E-state index contributed by atoms with van der Waals surface area (Å²) in [7, 11) is 38.9. The van der Waals surface area contributed by atoms with Crippen molar-refractivity contribution < 1.29 is 48.5 Å². The van der Waals surface area contributed by atoms with Crippen molar-refractivity contribution in [1.82, 2.24) is 68.6 Å². The van der Waals surface area contributed by atoms with E-state index < -0.39 is 11.2 Å². The normalized spacial score (nSPS) is 12.1. The van der Waals surface area contributed by atoms with Gasteiger partial charge in [-0.15, -0.1) is 0 Å². The van der Waals surface area contributed by atoms with Crippen LogP contribution in [0.25, 0.3) is 0 Å². The zero-order chi connectivity index (χ0) is 95.4. The summed E-state index contributed by atoms with van der Waals surface area (Å²) in [5.41, 5.74) is -0.754. The van der Waals surface area contributed by atoms with Crippen LogP contribution in [0.5, 0.6) is 0 Å². The lowest BCUT2D eigenvalue weighted by Gasteiger charge is -2.37. The average Bonchev–Trinajstić information content (AvgIpc) is 0.847. The van der Waals surface area contributed by atoms with Gasteiger partial charge in [0.05, 0.1) is 31.0 Å². The Balaban J connectivity index is -0.000000104. The SMILES string of the molecule is C.C.CC(=O)N(C)C(C)(C)C.CC(C(=O)N(C)C(C)(C)C)N(C)C.CC(C)=C(C)C(=O)N(C)C(C)(C)C.CN(C(=O)C(C)(C)O)C(C)(C)C.CN(C(=O)CC(C)(C)O)C(C)(C)C.CN(C)C(=O)N(C)C(C)(C)C.CN(C)C(=S)N(C)C(C)(C)C.CN=C(C)N(C)C(C)(C)C.CN=C(N(C)C)N(C)C(C)(C)C.COC(=O)N(C)C(C)(C)C. The average molecular weight is 1680 g/mol. The van der Waals surface area contributed by atoms with Gasteiger partial charge in [0.2, 0.25) is 23.6 Å². The summed E-state index contributed by atoms with van der Waals surface area (Å²) in [5, 5.41) is 19.8. The second-order valence-corrected chi connectivity index (χ2v) is 41.4. The molecule has 0 aliphatic heterocycles. The van der Waals surface area contributed by atoms with Crippen molar-refractivity contribution in [2.24, 2.45) is 9.98 Å². The lowest BCUT2D eigenvalue weighted by molar-refractivity contribution is -0.151. The van der Waals surface area contributed by atoms with E-state index in [4.69, 9.17) is 12.2 Å². The van der Waals surface area contributed by atoms with Crippen molar-refractivity contribution in [2.75, 3.05) is 148 Å². The summed E-state index contributed by atoms with van der Waals surface area (Å²) < 4.78 is 4.53. The summed E-state index contributed by atoms with van der Waals surface area (Å²) in [6.07, 6.45) is -0.131. The lowest BCUT2D eigenvalue weighted by atomic mass is 10.0. The van der Waals surface area contributed by atoms with E-state index in [-0.39, 0.29) is 124 Å². The number of nitrogens with zero attached hydrogens (tertiary/aromatic N) is 16. The van der Waals surface area contributed by atoms with Crippen LogP contribution in [0.2, 0.25) is 0 Å². The Kier molecular flexibility index (Phi) is 65.3. The monoisotopic (exact) mass is 1680 g/mol. The number of hydrogen-bond acceptors (Lipinski definition) is 14. The number of thiocarbonyl (C=S) groups is 1.